The average Bonchev–Trinajstić information content (AvgIpc) is 2.60. The van der Waals surface area contributed by atoms with Gasteiger partial charge >= 0.3 is 0 Å². The highest BCUT2D eigenvalue weighted by atomic mass is 19.1. The molecule has 0 aromatic heterocycles. The first-order valence-corrected chi connectivity index (χ1v) is 8.77. The molecule has 0 saturated carbocycles. The van der Waals surface area contributed by atoms with Crippen LogP contribution >= 0.6 is 0 Å². The molecule has 1 heterocycles. The van der Waals surface area contributed by atoms with E-state index in [2.05, 4.69) is 29.1 Å². The molecule has 1 aliphatic heterocycles. The maximum atomic E-state index is 13.9. The summed E-state index contributed by atoms with van der Waals surface area (Å²) in [6, 6.07) is 12.3. The molecule has 5 heteroatoms. The molecule has 1 fully saturated rings. The lowest BCUT2D eigenvalue weighted by molar-refractivity contribution is 0.312. The molecule has 134 valence electrons. The lowest BCUT2D eigenvalue weighted by Crippen LogP contribution is -2.45. The summed E-state index contributed by atoms with van der Waals surface area (Å²) in [7, 11) is 2.13. The van der Waals surface area contributed by atoms with Crippen molar-refractivity contribution in [2.45, 2.75) is 19.5 Å². The van der Waals surface area contributed by atoms with Crippen molar-refractivity contribution in [2.75, 3.05) is 38.1 Å². The zero-order valence-corrected chi connectivity index (χ0v) is 14.9. The molecule has 3 rings (SSSR count). The number of hydrogen-bond donors (Lipinski definition) is 2. The summed E-state index contributed by atoms with van der Waals surface area (Å²) in [6.45, 7) is 6.61. The quantitative estimate of drug-likeness (QED) is 0.875. The van der Waals surface area contributed by atoms with Crippen LogP contribution in [0.15, 0.2) is 42.5 Å². The fraction of sp³-hybridized carbons (Fsp3) is 0.400. The Hall–Kier alpha value is -2.11. The van der Waals surface area contributed by atoms with Crippen molar-refractivity contribution in [3.63, 3.8) is 0 Å². The Morgan fingerprint density at radius 2 is 1.88 bits per heavy atom. The number of nitrogens with one attached hydrogen (secondary N) is 1. The van der Waals surface area contributed by atoms with Crippen LogP contribution in [0.1, 0.15) is 24.1 Å². The summed E-state index contributed by atoms with van der Waals surface area (Å²) < 4.78 is 13.9. The van der Waals surface area contributed by atoms with Gasteiger partial charge in [-0.15, -0.1) is 0 Å². The summed E-state index contributed by atoms with van der Waals surface area (Å²) in [6.07, 6.45) is 0. The van der Waals surface area contributed by atoms with Gasteiger partial charge < -0.3 is 20.2 Å². The molecule has 25 heavy (non-hydrogen) atoms. The predicted octanol–water partition coefficient (Wildman–Crippen LogP) is 3.13. The van der Waals surface area contributed by atoms with Crippen LogP contribution in [0.5, 0.6) is 5.75 Å². The standard InChI is InChI=1S/C20H26FN3O/c1-15(22-14-16-4-3-5-18(25)12-16)19-13-17(21)6-7-20(19)24-10-8-23(2)9-11-24/h3-7,12-13,15,22,25H,8-11,14H2,1-2H3/t15-/m1/s1. The minimum absolute atomic E-state index is 0.00713. The minimum atomic E-state index is -0.209. The Bertz CT molecular complexity index is 714. The number of phenolic OH excluding ortho intramolecular Hbond substituents is 1. The average molecular weight is 343 g/mol. The van der Waals surface area contributed by atoms with E-state index in [1.807, 2.05) is 18.2 Å². The molecular formula is C20H26FN3O. The fourth-order valence-electron chi connectivity index (χ4n) is 3.25. The zero-order chi connectivity index (χ0) is 17.8. The van der Waals surface area contributed by atoms with Crippen molar-refractivity contribution in [2.24, 2.45) is 0 Å². The molecule has 1 atom stereocenters. The molecule has 0 radical (unpaired) electrons. The van der Waals surface area contributed by atoms with E-state index in [1.165, 1.54) is 0 Å². The Kier molecular flexibility index (Phi) is 5.56. The highest BCUT2D eigenvalue weighted by molar-refractivity contribution is 5.55. The molecular weight excluding hydrogens is 317 g/mol. The number of nitrogens with zero attached hydrogens (tertiary/aromatic N) is 2. The van der Waals surface area contributed by atoms with E-state index >= 15 is 0 Å². The first-order valence-electron chi connectivity index (χ1n) is 8.77. The van der Waals surface area contributed by atoms with Crippen molar-refractivity contribution >= 4 is 5.69 Å². The van der Waals surface area contributed by atoms with E-state index in [9.17, 15) is 9.50 Å². The van der Waals surface area contributed by atoms with Crippen LogP contribution in [0, 0.1) is 5.82 Å². The van der Waals surface area contributed by atoms with Crippen molar-refractivity contribution in [1.29, 1.82) is 0 Å². The lowest BCUT2D eigenvalue weighted by Gasteiger charge is -2.36. The van der Waals surface area contributed by atoms with Crippen molar-refractivity contribution in [1.82, 2.24) is 10.2 Å². The topological polar surface area (TPSA) is 38.7 Å². The first kappa shape index (κ1) is 17.7. The number of piperazine rings is 1. The van der Waals surface area contributed by atoms with Crippen molar-refractivity contribution < 1.29 is 9.50 Å². The molecule has 0 amide bonds. The number of rotatable bonds is 5. The van der Waals surface area contributed by atoms with E-state index in [1.54, 1.807) is 24.3 Å². The van der Waals surface area contributed by atoms with Crippen LogP contribution in [0.4, 0.5) is 10.1 Å². The normalized spacial score (nSPS) is 16.8. The van der Waals surface area contributed by atoms with Gasteiger partial charge in [0.05, 0.1) is 0 Å². The van der Waals surface area contributed by atoms with E-state index in [0.29, 0.717) is 6.54 Å². The van der Waals surface area contributed by atoms with Gasteiger partial charge in [-0.1, -0.05) is 12.1 Å². The van der Waals surface area contributed by atoms with Crippen molar-refractivity contribution in [3.8, 4) is 5.75 Å². The number of halogens is 1. The molecule has 1 aliphatic rings. The summed E-state index contributed by atoms with van der Waals surface area (Å²) >= 11 is 0. The van der Waals surface area contributed by atoms with Crippen LogP contribution in [0.25, 0.3) is 0 Å². The van der Waals surface area contributed by atoms with E-state index < -0.39 is 0 Å². The lowest BCUT2D eigenvalue weighted by atomic mass is 10.0. The molecule has 2 aromatic carbocycles. The van der Waals surface area contributed by atoms with Gasteiger partial charge in [0, 0.05) is 44.5 Å². The maximum Gasteiger partial charge on any atom is 0.123 e. The van der Waals surface area contributed by atoms with Gasteiger partial charge in [-0.2, -0.15) is 0 Å². The number of aromatic hydroxyl groups is 1. The van der Waals surface area contributed by atoms with Crippen LogP contribution in [-0.2, 0) is 6.54 Å². The van der Waals surface area contributed by atoms with Crippen LogP contribution in [0.2, 0.25) is 0 Å². The second kappa shape index (κ2) is 7.85. The Morgan fingerprint density at radius 1 is 1.12 bits per heavy atom. The summed E-state index contributed by atoms with van der Waals surface area (Å²) in [5.41, 5.74) is 3.08. The van der Waals surface area contributed by atoms with E-state index in [0.717, 1.165) is 43.0 Å². The number of benzene rings is 2. The second-order valence-corrected chi connectivity index (χ2v) is 6.77. The third-order valence-corrected chi connectivity index (χ3v) is 4.82. The van der Waals surface area contributed by atoms with Gasteiger partial charge in [0.25, 0.3) is 0 Å². The molecule has 4 nitrogen and oxygen atoms in total. The van der Waals surface area contributed by atoms with Gasteiger partial charge in [0.2, 0.25) is 0 Å². The van der Waals surface area contributed by atoms with Crippen LogP contribution < -0.4 is 10.2 Å². The second-order valence-electron chi connectivity index (χ2n) is 6.77. The van der Waals surface area contributed by atoms with Gasteiger partial charge in [-0.25, -0.2) is 4.39 Å². The van der Waals surface area contributed by atoms with Gasteiger partial charge in [0.15, 0.2) is 0 Å². The highest BCUT2D eigenvalue weighted by Gasteiger charge is 2.20. The fourth-order valence-corrected chi connectivity index (χ4v) is 3.25. The van der Waals surface area contributed by atoms with E-state index in [4.69, 9.17) is 0 Å². The molecule has 1 saturated heterocycles. The SMILES string of the molecule is C[C@@H](NCc1cccc(O)c1)c1cc(F)ccc1N1CCN(C)CC1. The van der Waals surface area contributed by atoms with Gasteiger partial charge in [-0.05, 0) is 55.4 Å². The minimum Gasteiger partial charge on any atom is -0.508 e. The largest absolute Gasteiger partial charge is 0.508 e. The number of phenols is 1. The van der Waals surface area contributed by atoms with Crippen LogP contribution in [-0.4, -0.2) is 43.2 Å². The third-order valence-electron chi connectivity index (χ3n) is 4.82. The van der Waals surface area contributed by atoms with Gasteiger partial charge in [0.1, 0.15) is 11.6 Å². The van der Waals surface area contributed by atoms with E-state index in [-0.39, 0.29) is 17.6 Å². The summed E-state index contributed by atoms with van der Waals surface area (Å²) in [4.78, 5) is 4.64. The van der Waals surface area contributed by atoms with Crippen molar-refractivity contribution in [3.05, 3.63) is 59.4 Å². The summed E-state index contributed by atoms with van der Waals surface area (Å²) in [5.74, 6) is 0.0507. The monoisotopic (exact) mass is 343 g/mol. The molecule has 2 aromatic rings. The molecule has 0 unspecified atom stereocenters. The number of anilines is 1. The zero-order valence-electron chi connectivity index (χ0n) is 14.9. The number of hydrogen-bond acceptors (Lipinski definition) is 4. The van der Waals surface area contributed by atoms with Gasteiger partial charge in [-0.3, -0.25) is 0 Å². The summed E-state index contributed by atoms with van der Waals surface area (Å²) in [5, 5.41) is 13.0. The molecule has 0 bridgehead atoms. The highest BCUT2D eigenvalue weighted by Crippen LogP contribution is 2.28. The molecule has 0 aliphatic carbocycles. The Morgan fingerprint density at radius 3 is 2.60 bits per heavy atom. The Balaban J connectivity index is 1.74. The third kappa shape index (κ3) is 4.50. The number of likely N-dealkylation sites (N-methyl/N-ethyl adjacent to an activating group) is 1. The maximum absolute atomic E-state index is 13.9. The first-order chi connectivity index (χ1) is 12.0. The molecule has 2 N–H and O–H groups in total. The van der Waals surface area contributed by atoms with Crippen LogP contribution in [0.3, 0.4) is 0 Å². The smallest absolute Gasteiger partial charge is 0.123 e. The predicted molar refractivity (Wildman–Crippen MR) is 99.5 cm³/mol. The molecule has 0 spiro atoms. The Labute approximate surface area is 148 Å².